The summed E-state index contributed by atoms with van der Waals surface area (Å²) in [6, 6.07) is 2.14. The zero-order chi connectivity index (χ0) is 13.2. The third-order valence-corrected chi connectivity index (χ3v) is 4.31. The van der Waals surface area contributed by atoms with Gasteiger partial charge in [-0.1, -0.05) is 0 Å². The standard InChI is InChI=1S/C15H25N3O/c1-12-8-14(19-15(12)9-16)11-18-6-4-17(5-7-18)10-13-2-3-13/h8,13H,2-7,9-11,16H2,1H3. The molecule has 2 heterocycles. The van der Waals surface area contributed by atoms with Crippen molar-refractivity contribution >= 4 is 0 Å². The molecule has 1 aliphatic carbocycles. The van der Waals surface area contributed by atoms with E-state index >= 15 is 0 Å². The van der Waals surface area contributed by atoms with E-state index < -0.39 is 0 Å². The first-order valence-corrected chi connectivity index (χ1v) is 7.47. The van der Waals surface area contributed by atoms with Crippen LogP contribution < -0.4 is 5.73 Å². The van der Waals surface area contributed by atoms with Crippen LogP contribution in [0.15, 0.2) is 10.5 Å². The molecular formula is C15H25N3O. The molecule has 4 heteroatoms. The quantitative estimate of drug-likeness (QED) is 0.876. The number of nitrogens with two attached hydrogens (primary N) is 1. The van der Waals surface area contributed by atoms with Crippen molar-refractivity contribution in [3.63, 3.8) is 0 Å². The fourth-order valence-corrected chi connectivity index (χ4v) is 2.89. The van der Waals surface area contributed by atoms with Gasteiger partial charge in [-0.3, -0.25) is 4.90 Å². The molecule has 0 aromatic carbocycles. The van der Waals surface area contributed by atoms with Gasteiger partial charge >= 0.3 is 0 Å². The maximum atomic E-state index is 5.79. The number of hydrogen-bond donors (Lipinski definition) is 1. The highest BCUT2D eigenvalue weighted by Crippen LogP contribution is 2.30. The lowest BCUT2D eigenvalue weighted by molar-refractivity contribution is 0.117. The first-order valence-electron chi connectivity index (χ1n) is 7.47. The molecule has 4 nitrogen and oxygen atoms in total. The third-order valence-electron chi connectivity index (χ3n) is 4.31. The molecule has 0 atom stereocenters. The van der Waals surface area contributed by atoms with Crippen LogP contribution >= 0.6 is 0 Å². The SMILES string of the molecule is Cc1cc(CN2CCN(CC3CC3)CC2)oc1CN. The summed E-state index contributed by atoms with van der Waals surface area (Å²) in [7, 11) is 0. The third kappa shape index (κ3) is 3.38. The second kappa shape index (κ2) is 5.65. The largest absolute Gasteiger partial charge is 0.463 e. The van der Waals surface area contributed by atoms with E-state index in [4.69, 9.17) is 10.2 Å². The van der Waals surface area contributed by atoms with Crippen LogP contribution in [0.1, 0.15) is 29.9 Å². The summed E-state index contributed by atoms with van der Waals surface area (Å²) in [5.41, 5.74) is 6.84. The number of nitrogens with zero attached hydrogens (tertiary/aromatic N) is 2. The van der Waals surface area contributed by atoms with Crippen molar-refractivity contribution in [2.24, 2.45) is 11.7 Å². The number of rotatable bonds is 5. The molecule has 1 aliphatic heterocycles. The predicted octanol–water partition coefficient (Wildman–Crippen LogP) is 1.57. The lowest BCUT2D eigenvalue weighted by Crippen LogP contribution is -2.46. The second-order valence-electron chi connectivity index (χ2n) is 6.04. The molecule has 0 radical (unpaired) electrons. The summed E-state index contributed by atoms with van der Waals surface area (Å²) in [5, 5.41) is 0. The van der Waals surface area contributed by atoms with E-state index in [9.17, 15) is 0 Å². The normalized spacial score (nSPS) is 22.0. The zero-order valence-electron chi connectivity index (χ0n) is 11.9. The molecule has 19 heavy (non-hydrogen) atoms. The minimum Gasteiger partial charge on any atom is -0.463 e. The van der Waals surface area contributed by atoms with Crippen LogP contribution in [-0.2, 0) is 13.1 Å². The summed E-state index contributed by atoms with van der Waals surface area (Å²) < 4.78 is 5.79. The number of aryl methyl sites for hydroxylation is 1. The van der Waals surface area contributed by atoms with E-state index in [1.165, 1.54) is 38.0 Å². The maximum absolute atomic E-state index is 5.79. The highest BCUT2D eigenvalue weighted by molar-refractivity contribution is 5.19. The molecule has 2 N–H and O–H groups in total. The van der Waals surface area contributed by atoms with E-state index in [1.807, 2.05) is 0 Å². The van der Waals surface area contributed by atoms with E-state index in [0.29, 0.717) is 6.54 Å². The zero-order valence-corrected chi connectivity index (χ0v) is 11.9. The number of hydrogen-bond acceptors (Lipinski definition) is 4. The Balaban J connectivity index is 1.48. The van der Waals surface area contributed by atoms with Gasteiger partial charge in [-0.15, -0.1) is 0 Å². The van der Waals surface area contributed by atoms with Crippen molar-refractivity contribution in [3.05, 3.63) is 23.2 Å². The molecule has 1 aromatic rings. The van der Waals surface area contributed by atoms with Gasteiger partial charge in [0.1, 0.15) is 11.5 Å². The van der Waals surface area contributed by atoms with Crippen LogP contribution in [0.5, 0.6) is 0 Å². The topological polar surface area (TPSA) is 45.6 Å². The van der Waals surface area contributed by atoms with Crippen molar-refractivity contribution in [2.75, 3.05) is 32.7 Å². The number of piperazine rings is 1. The molecule has 1 saturated carbocycles. The fraction of sp³-hybridized carbons (Fsp3) is 0.733. The summed E-state index contributed by atoms with van der Waals surface area (Å²) in [6.07, 6.45) is 2.90. The Kier molecular flexibility index (Phi) is 3.91. The molecule has 0 spiro atoms. The summed E-state index contributed by atoms with van der Waals surface area (Å²) in [6.45, 7) is 9.56. The summed E-state index contributed by atoms with van der Waals surface area (Å²) in [5.74, 6) is 3.00. The Hall–Kier alpha value is -0.840. The van der Waals surface area contributed by atoms with Gasteiger partial charge in [-0.05, 0) is 37.3 Å². The van der Waals surface area contributed by atoms with Gasteiger partial charge in [0.2, 0.25) is 0 Å². The van der Waals surface area contributed by atoms with Crippen molar-refractivity contribution in [3.8, 4) is 0 Å². The molecule has 2 fully saturated rings. The van der Waals surface area contributed by atoms with Crippen LogP contribution in [0, 0.1) is 12.8 Å². The van der Waals surface area contributed by atoms with Gasteiger partial charge in [-0.2, -0.15) is 0 Å². The molecule has 1 aromatic heterocycles. The number of furan rings is 1. The van der Waals surface area contributed by atoms with Gasteiger partial charge in [0, 0.05) is 32.7 Å². The molecule has 0 amide bonds. The maximum Gasteiger partial charge on any atom is 0.120 e. The van der Waals surface area contributed by atoms with E-state index in [1.54, 1.807) is 0 Å². The molecular weight excluding hydrogens is 238 g/mol. The second-order valence-corrected chi connectivity index (χ2v) is 6.04. The van der Waals surface area contributed by atoms with Crippen LogP contribution in [0.25, 0.3) is 0 Å². The van der Waals surface area contributed by atoms with Gasteiger partial charge in [-0.25, -0.2) is 0 Å². The van der Waals surface area contributed by atoms with E-state index in [0.717, 1.165) is 37.1 Å². The first kappa shape index (κ1) is 13.2. The highest BCUT2D eigenvalue weighted by atomic mass is 16.3. The van der Waals surface area contributed by atoms with Crippen LogP contribution in [0.2, 0.25) is 0 Å². The molecule has 1 saturated heterocycles. The lowest BCUT2D eigenvalue weighted by Gasteiger charge is -2.34. The van der Waals surface area contributed by atoms with Crippen LogP contribution in [0.3, 0.4) is 0 Å². The molecule has 3 rings (SSSR count). The molecule has 0 bridgehead atoms. The Bertz CT molecular complexity index is 417. The van der Waals surface area contributed by atoms with Crippen LogP contribution in [-0.4, -0.2) is 42.5 Å². The van der Waals surface area contributed by atoms with Gasteiger partial charge in [0.25, 0.3) is 0 Å². The first-order chi connectivity index (χ1) is 9.24. The molecule has 2 aliphatic rings. The minimum absolute atomic E-state index is 0.501. The van der Waals surface area contributed by atoms with Crippen molar-refractivity contribution in [1.82, 2.24) is 9.80 Å². The summed E-state index contributed by atoms with van der Waals surface area (Å²) in [4.78, 5) is 5.11. The average molecular weight is 263 g/mol. The van der Waals surface area contributed by atoms with Gasteiger partial charge in [0.05, 0.1) is 13.1 Å². The fourth-order valence-electron chi connectivity index (χ4n) is 2.89. The smallest absolute Gasteiger partial charge is 0.120 e. The van der Waals surface area contributed by atoms with E-state index in [2.05, 4.69) is 22.8 Å². The molecule has 0 unspecified atom stereocenters. The average Bonchev–Trinajstić information content (AvgIpc) is 3.15. The predicted molar refractivity (Wildman–Crippen MR) is 75.8 cm³/mol. The summed E-state index contributed by atoms with van der Waals surface area (Å²) >= 11 is 0. The Morgan fingerprint density at radius 1 is 1.21 bits per heavy atom. The van der Waals surface area contributed by atoms with Gasteiger partial charge < -0.3 is 15.1 Å². The van der Waals surface area contributed by atoms with Crippen LogP contribution in [0.4, 0.5) is 0 Å². The van der Waals surface area contributed by atoms with Crippen molar-refractivity contribution < 1.29 is 4.42 Å². The Morgan fingerprint density at radius 2 is 1.89 bits per heavy atom. The van der Waals surface area contributed by atoms with Gasteiger partial charge in [0.15, 0.2) is 0 Å². The molecule has 106 valence electrons. The van der Waals surface area contributed by atoms with Crippen molar-refractivity contribution in [1.29, 1.82) is 0 Å². The lowest BCUT2D eigenvalue weighted by atomic mass is 10.2. The minimum atomic E-state index is 0.501. The monoisotopic (exact) mass is 263 g/mol. The van der Waals surface area contributed by atoms with E-state index in [-0.39, 0.29) is 0 Å². The van der Waals surface area contributed by atoms with Crippen molar-refractivity contribution in [2.45, 2.75) is 32.9 Å². The Morgan fingerprint density at radius 3 is 2.47 bits per heavy atom. The Labute approximate surface area is 115 Å². The highest BCUT2D eigenvalue weighted by Gasteiger charge is 2.26.